The molecular formula is C10H14N6. The Bertz CT molecular complexity index is 490. The molecule has 0 aliphatic rings. The van der Waals surface area contributed by atoms with E-state index in [1.807, 2.05) is 20.9 Å². The molecule has 0 fully saturated rings. The zero-order chi connectivity index (χ0) is 11.5. The number of aryl methyl sites for hydroxylation is 3. The maximum absolute atomic E-state index is 4.36. The largest absolute Gasteiger partial charge is 0.361 e. The zero-order valence-corrected chi connectivity index (χ0v) is 9.60. The van der Waals surface area contributed by atoms with Gasteiger partial charge in [0, 0.05) is 13.2 Å². The van der Waals surface area contributed by atoms with Crippen molar-refractivity contribution in [3.05, 3.63) is 29.7 Å². The predicted octanol–water partition coefficient (Wildman–Crippen LogP) is 0.834. The molecule has 0 spiro atoms. The van der Waals surface area contributed by atoms with Gasteiger partial charge >= 0.3 is 0 Å². The van der Waals surface area contributed by atoms with Crippen LogP contribution in [0.1, 0.15) is 17.2 Å². The number of anilines is 1. The molecule has 16 heavy (non-hydrogen) atoms. The van der Waals surface area contributed by atoms with Crippen molar-refractivity contribution in [3.63, 3.8) is 0 Å². The predicted molar refractivity (Wildman–Crippen MR) is 59.8 cm³/mol. The second-order valence-electron chi connectivity index (χ2n) is 3.63. The third kappa shape index (κ3) is 2.33. The van der Waals surface area contributed by atoms with E-state index < -0.39 is 0 Å². The highest BCUT2D eigenvalue weighted by atomic mass is 15.3. The van der Waals surface area contributed by atoms with Crippen molar-refractivity contribution in [1.82, 2.24) is 24.7 Å². The average molecular weight is 218 g/mol. The Kier molecular flexibility index (Phi) is 2.80. The van der Waals surface area contributed by atoms with Gasteiger partial charge in [-0.1, -0.05) is 0 Å². The number of nitrogens with zero attached hydrogens (tertiary/aromatic N) is 5. The van der Waals surface area contributed by atoms with E-state index in [4.69, 9.17) is 0 Å². The summed E-state index contributed by atoms with van der Waals surface area (Å²) in [4.78, 5) is 12.7. The van der Waals surface area contributed by atoms with Gasteiger partial charge in [0.2, 0.25) is 0 Å². The van der Waals surface area contributed by atoms with E-state index in [1.54, 1.807) is 17.2 Å². The lowest BCUT2D eigenvalue weighted by Crippen LogP contribution is -2.06. The number of rotatable bonds is 3. The molecule has 0 saturated carbocycles. The van der Waals surface area contributed by atoms with Crippen LogP contribution in [0, 0.1) is 13.8 Å². The number of aromatic nitrogens is 5. The molecule has 2 heterocycles. The van der Waals surface area contributed by atoms with E-state index in [0.717, 1.165) is 23.0 Å². The lowest BCUT2D eigenvalue weighted by molar-refractivity contribution is 0.746. The maximum atomic E-state index is 4.36. The van der Waals surface area contributed by atoms with Gasteiger partial charge in [-0.2, -0.15) is 5.10 Å². The third-order valence-electron chi connectivity index (χ3n) is 2.14. The standard InChI is InChI=1S/C10H14N6/c1-7-4-11-8(2)10(14-7)12-5-9-13-6-16(3)15-9/h4,6H,5H2,1-3H3,(H,12,14). The molecule has 0 atom stereocenters. The summed E-state index contributed by atoms with van der Waals surface area (Å²) >= 11 is 0. The minimum absolute atomic E-state index is 0.555. The summed E-state index contributed by atoms with van der Waals surface area (Å²) in [7, 11) is 1.84. The van der Waals surface area contributed by atoms with Crippen LogP contribution in [0.25, 0.3) is 0 Å². The van der Waals surface area contributed by atoms with Crippen LogP contribution in [0.4, 0.5) is 5.82 Å². The molecule has 0 saturated heterocycles. The van der Waals surface area contributed by atoms with E-state index in [2.05, 4.69) is 25.4 Å². The molecule has 0 aliphatic carbocycles. The fourth-order valence-corrected chi connectivity index (χ4v) is 1.33. The molecule has 0 unspecified atom stereocenters. The molecule has 0 bridgehead atoms. The summed E-state index contributed by atoms with van der Waals surface area (Å²) in [6.07, 6.45) is 3.42. The van der Waals surface area contributed by atoms with Crippen molar-refractivity contribution in [2.75, 3.05) is 5.32 Å². The van der Waals surface area contributed by atoms with Crippen molar-refractivity contribution >= 4 is 5.82 Å². The van der Waals surface area contributed by atoms with Crippen LogP contribution >= 0.6 is 0 Å². The van der Waals surface area contributed by atoms with Gasteiger partial charge in [0.1, 0.15) is 12.1 Å². The van der Waals surface area contributed by atoms with E-state index in [-0.39, 0.29) is 0 Å². The quantitative estimate of drug-likeness (QED) is 0.826. The fraction of sp³-hybridized carbons (Fsp3) is 0.400. The highest BCUT2D eigenvalue weighted by molar-refractivity contribution is 5.39. The molecular weight excluding hydrogens is 204 g/mol. The molecule has 0 aliphatic heterocycles. The van der Waals surface area contributed by atoms with Crippen LogP contribution in [0.15, 0.2) is 12.5 Å². The summed E-state index contributed by atoms with van der Waals surface area (Å²) < 4.78 is 1.67. The van der Waals surface area contributed by atoms with Crippen molar-refractivity contribution < 1.29 is 0 Å². The van der Waals surface area contributed by atoms with E-state index in [1.165, 1.54) is 0 Å². The minimum Gasteiger partial charge on any atom is -0.361 e. The fourth-order valence-electron chi connectivity index (χ4n) is 1.33. The second kappa shape index (κ2) is 4.26. The first-order valence-electron chi connectivity index (χ1n) is 5.04. The Morgan fingerprint density at radius 3 is 2.81 bits per heavy atom. The summed E-state index contributed by atoms with van der Waals surface area (Å²) in [5.41, 5.74) is 1.77. The minimum atomic E-state index is 0.555. The first-order chi connectivity index (χ1) is 7.65. The lowest BCUT2D eigenvalue weighted by atomic mass is 10.4. The highest BCUT2D eigenvalue weighted by Gasteiger charge is 2.03. The van der Waals surface area contributed by atoms with E-state index in [9.17, 15) is 0 Å². The zero-order valence-electron chi connectivity index (χ0n) is 9.60. The smallest absolute Gasteiger partial charge is 0.169 e. The van der Waals surface area contributed by atoms with Gasteiger partial charge in [-0.15, -0.1) is 0 Å². The molecule has 2 rings (SSSR count). The maximum Gasteiger partial charge on any atom is 0.169 e. The Morgan fingerprint density at radius 1 is 1.31 bits per heavy atom. The highest BCUT2D eigenvalue weighted by Crippen LogP contribution is 2.09. The Hall–Kier alpha value is -1.98. The normalized spacial score (nSPS) is 10.4. The summed E-state index contributed by atoms with van der Waals surface area (Å²) in [5, 5.41) is 7.34. The Balaban J connectivity index is 2.07. The van der Waals surface area contributed by atoms with Gasteiger partial charge in [0.25, 0.3) is 0 Å². The Labute approximate surface area is 93.8 Å². The molecule has 2 aromatic rings. The monoisotopic (exact) mass is 218 g/mol. The molecule has 6 nitrogen and oxygen atoms in total. The van der Waals surface area contributed by atoms with Gasteiger partial charge in [-0.05, 0) is 13.8 Å². The van der Waals surface area contributed by atoms with Crippen molar-refractivity contribution in [2.24, 2.45) is 7.05 Å². The summed E-state index contributed by atoms with van der Waals surface area (Å²) in [6, 6.07) is 0. The number of nitrogens with one attached hydrogen (secondary N) is 1. The van der Waals surface area contributed by atoms with E-state index in [0.29, 0.717) is 6.54 Å². The van der Waals surface area contributed by atoms with Gasteiger partial charge in [0.05, 0.1) is 17.9 Å². The topological polar surface area (TPSA) is 68.5 Å². The van der Waals surface area contributed by atoms with Crippen LogP contribution in [-0.4, -0.2) is 24.7 Å². The van der Waals surface area contributed by atoms with Crippen LogP contribution in [-0.2, 0) is 13.6 Å². The molecule has 84 valence electrons. The molecule has 2 aromatic heterocycles. The molecule has 1 N–H and O–H groups in total. The molecule has 0 amide bonds. The van der Waals surface area contributed by atoms with Gasteiger partial charge in [-0.25, -0.2) is 9.97 Å². The van der Waals surface area contributed by atoms with Crippen LogP contribution in [0.2, 0.25) is 0 Å². The number of hydrogen-bond donors (Lipinski definition) is 1. The van der Waals surface area contributed by atoms with Gasteiger partial charge < -0.3 is 5.32 Å². The van der Waals surface area contributed by atoms with Crippen LogP contribution in [0.5, 0.6) is 0 Å². The molecule has 0 radical (unpaired) electrons. The SMILES string of the molecule is Cc1cnc(C)c(NCc2ncn(C)n2)n1. The average Bonchev–Trinajstić information content (AvgIpc) is 2.66. The molecule has 6 heteroatoms. The third-order valence-corrected chi connectivity index (χ3v) is 2.14. The van der Waals surface area contributed by atoms with Crippen molar-refractivity contribution in [1.29, 1.82) is 0 Å². The number of hydrogen-bond acceptors (Lipinski definition) is 5. The summed E-state index contributed by atoms with van der Waals surface area (Å²) in [5.74, 6) is 1.53. The Morgan fingerprint density at radius 2 is 2.12 bits per heavy atom. The lowest BCUT2D eigenvalue weighted by Gasteiger charge is -2.06. The van der Waals surface area contributed by atoms with Crippen LogP contribution in [0.3, 0.4) is 0 Å². The van der Waals surface area contributed by atoms with Gasteiger partial charge in [-0.3, -0.25) is 9.67 Å². The van der Waals surface area contributed by atoms with Crippen LogP contribution < -0.4 is 5.32 Å². The molecule has 0 aromatic carbocycles. The van der Waals surface area contributed by atoms with E-state index >= 15 is 0 Å². The van der Waals surface area contributed by atoms with Crippen molar-refractivity contribution in [2.45, 2.75) is 20.4 Å². The van der Waals surface area contributed by atoms with Gasteiger partial charge in [0.15, 0.2) is 5.82 Å². The van der Waals surface area contributed by atoms with Crippen molar-refractivity contribution in [3.8, 4) is 0 Å². The summed E-state index contributed by atoms with van der Waals surface area (Å²) in [6.45, 7) is 4.39. The first-order valence-corrected chi connectivity index (χ1v) is 5.04. The first kappa shape index (κ1) is 10.5. The second-order valence-corrected chi connectivity index (χ2v) is 3.63.